The van der Waals surface area contributed by atoms with Crippen molar-refractivity contribution in [1.29, 1.82) is 0 Å². The van der Waals surface area contributed by atoms with Crippen LogP contribution >= 0.6 is 0 Å². The summed E-state index contributed by atoms with van der Waals surface area (Å²) >= 11 is 0. The van der Waals surface area contributed by atoms with Crippen LogP contribution < -0.4 is 0 Å². The van der Waals surface area contributed by atoms with E-state index in [1.165, 1.54) is 0 Å². The van der Waals surface area contributed by atoms with Gasteiger partial charge >= 0.3 is 0 Å². The SMILES string of the molecule is CCN(C(=O)C1CC(=O)N(Cc2ccccc2)C1)C1CCS(=O)(=O)C1. The third-order valence-corrected chi connectivity index (χ3v) is 6.80. The Balaban J connectivity index is 1.65. The van der Waals surface area contributed by atoms with Crippen LogP contribution in [-0.4, -0.2) is 60.7 Å². The second-order valence-corrected chi connectivity index (χ2v) is 9.07. The molecule has 6 nitrogen and oxygen atoms in total. The second kappa shape index (κ2) is 7.15. The van der Waals surface area contributed by atoms with Crippen LogP contribution in [0.5, 0.6) is 0 Å². The summed E-state index contributed by atoms with van der Waals surface area (Å²) in [5, 5.41) is 0. The molecule has 2 fully saturated rings. The van der Waals surface area contributed by atoms with Crippen LogP contribution in [0.1, 0.15) is 25.3 Å². The lowest BCUT2D eigenvalue weighted by molar-refractivity contribution is -0.137. The highest BCUT2D eigenvalue weighted by Crippen LogP contribution is 2.25. The number of nitrogens with zero attached hydrogens (tertiary/aromatic N) is 2. The van der Waals surface area contributed by atoms with Gasteiger partial charge in [0.2, 0.25) is 11.8 Å². The van der Waals surface area contributed by atoms with Gasteiger partial charge in [-0.05, 0) is 18.9 Å². The first-order valence-electron chi connectivity index (χ1n) is 8.72. The van der Waals surface area contributed by atoms with Crippen molar-refractivity contribution in [3.63, 3.8) is 0 Å². The highest BCUT2D eigenvalue weighted by molar-refractivity contribution is 7.91. The number of carbonyl (C=O) groups excluding carboxylic acids is 2. The predicted octanol–water partition coefficient (Wildman–Crippen LogP) is 1.07. The minimum atomic E-state index is -3.04. The molecule has 2 unspecified atom stereocenters. The summed E-state index contributed by atoms with van der Waals surface area (Å²) in [4.78, 5) is 28.5. The lowest BCUT2D eigenvalue weighted by atomic mass is 10.1. The average Bonchev–Trinajstić information content (AvgIpc) is 3.12. The van der Waals surface area contributed by atoms with Crippen molar-refractivity contribution in [3.8, 4) is 0 Å². The fourth-order valence-electron chi connectivity index (χ4n) is 3.74. The molecule has 1 aromatic rings. The van der Waals surface area contributed by atoms with E-state index in [0.717, 1.165) is 5.56 Å². The molecule has 2 amide bonds. The van der Waals surface area contributed by atoms with Gasteiger partial charge in [0.05, 0.1) is 17.4 Å². The number of hydrogen-bond acceptors (Lipinski definition) is 4. The quantitative estimate of drug-likeness (QED) is 0.783. The molecule has 2 saturated heterocycles. The van der Waals surface area contributed by atoms with Gasteiger partial charge in [-0.2, -0.15) is 0 Å². The molecular formula is C18H24N2O4S. The van der Waals surface area contributed by atoms with Crippen LogP contribution in [0.3, 0.4) is 0 Å². The smallest absolute Gasteiger partial charge is 0.228 e. The van der Waals surface area contributed by atoms with Gasteiger partial charge in [-0.1, -0.05) is 30.3 Å². The summed E-state index contributed by atoms with van der Waals surface area (Å²) in [5.74, 6) is -0.295. The molecule has 0 saturated carbocycles. The summed E-state index contributed by atoms with van der Waals surface area (Å²) < 4.78 is 23.4. The Bertz CT molecular complexity index is 748. The molecule has 3 rings (SSSR count). The number of rotatable bonds is 5. The number of sulfone groups is 1. The lowest BCUT2D eigenvalue weighted by Crippen LogP contribution is -2.44. The first-order chi connectivity index (χ1) is 11.9. The minimum Gasteiger partial charge on any atom is -0.339 e. The molecule has 7 heteroatoms. The maximum absolute atomic E-state index is 12.9. The third kappa shape index (κ3) is 4.03. The zero-order valence-electron chi connectivity index (χ0n) is 14.4. The molecule has 1 aromatic carbocycles. The molecule has 0 spiro atoms. The Morgan fingerprint density at radius 3 is 2.60 bits per heavy atom. The van der Waals surface area contributed by atoms with E-state index in [9.17, 15) is 18.0 Å². The van der Waals surface area contributed by atoms with E-state index in [-0.39, 0.29) is 41.7 Å². The molecule has 0 radical (unpaired) electrons. The van der Waals surface area contributed by atoms with Crippen molar-refractivity contribution < 1.29 is 18.0 Å². The molecule has 0 bridgehead atoms. The van der Waals surface area contributed by atoms with Crippen molar-refractivity contribution in [3.05, 3.63) is 35.9 Å². The highest BCUT2D eigenvalue weighted by Gasteiger charge is 2.40. The maximum Gasteiger partial charge on any atom is 0.228 e. The Labute approximate surface area is 148 Å². The average molecular weight is 364 g/mol. The van der Waals surface area contributed by atoms with Gasteiger partial charge in [-0.25, -0.2) is 8.42 Å². The van der Waals surface area contributed by atoms with Crippen molar-refractivity contribution in [2.75, 3.05) is 24.6 Å². The van der Waals surface area contributed by atoms with Gasteiger partial charge in [0.25, 0.3) is 0 Å². The van der Waals surface area contributed by atoms with Crippen LogP contribution in [-0.2, 0) is 26.0 Å². The van der Waals surface area contributed by atoms with E-state index in [4.69, 9.17) is 0 Å². The maximum atomic E-state index is 12.9. The molecule has 2 heterocycles. The number of benzene rings is 1. The van der Waals surface area contributed by atoms with E-state index in [2.05, 4.69) is 0 Å². The van der Waals surface area contributed by atoms with Gasteiger partial charge in [0, 0.05) is 32.1 Å². The molecule has 2 atom stereocenters. The van der Waals surface area contributed by atoms with Crippen molar-refractivity contribution >= 4 is 21.7 Å². The molecule has 25 heavy (non-hydrogen) atoms. The van der Waals surface area contributed by atoms with E-state index in [0.29, 0.717) is 26.1 Å². The molecular weight excluding hydrogens is 340 g/mol. The Kier molecular flexibility index (Phi) is 5.13. The number of carbonyl (C=O) groups is 2. The Hall–Kier alpha value is -1.89. The number of amides is 2. The van der Waals surface area contributed by atoms with Crippen LogP contribution in [0.2, 0.25) is 0 Å². The van der Waals surface area contributed by atoms with E-state index in [1.807, 2.05) is 37.3 Å². The third-order valence-electron chi connectivity index (χ3n) is 5.05. The lowest BCUT2D eigenvalue weighted by Gasteiger charge is -2.29. The summed E-state index contributed by atoms with van der Waals surface area (Å²) in [6.07, 6.45) is 0.706. The molecule has 2 aliphatic heterocycles. The Morgan fingerprint density at radius 1 is 1.28 bits per heavy atom. The molecule has 0 aromatic heterocycles. The number of likely N-dealkylation sites (tertiary alicyclic amines) is 1. The summed E-state index contributed by atoms with van der Waals surface area (Å²) in [5.41, 5.74) is 1.04. The van der Waals surface area contributed by atoms with Crippen LogP contribution in [0.4, 0.5) is 0 Å². The van der Waals surface area contributed by atoms with Crippen LogP contribution in [0, 0.1) is 5.92 Å². The summed E-state index contributed by atoms with van der Waals surface area (Å²) in [7, 11) is -3.04. The van der Waals surface area contributed by atoms with Gasteiger partial charge in [-0.3, -0.25) is 9.59 Å². The molecule has 2 aliphatic rings. The van der Waals surface area contributed by atoms with Crippen LogP contribution in [0.15, 0.2) is 30.3 Å². The summed E-state index contributed by atoms with van der Waals surface area (Å²) in [6, 6.07) is 9.46. The van der Waals surface area contributed by atoms with Gasteiger partial charge < -0.3 is 9.80 Å². The minimum absolute atomic E-state index is 0.0164. The van der Waals surface area contributed by atoms with Crippen molar-refractivity contribution in [2.45, 2.75) is 32.4 Å². The van der Waals surface area contributed by atoms with Crippen LogP contribution in [0.25, 0.3) is 0 Å². The zero-order chi connectivity index (χ0) is 18.0. The van der Waals surface area contributed by atoms with Gasteiger partial charge in [0.1, 0.15) is 0 Å². The van der Waals surface area contributed by atoms with Gasteiger partial charge in [0.15, 0.2) is 9.84 Å². The second-order valence-electron chi connectivity index (χ2n) is 6.84. The largest absolute Gasteiger partial charge is 0.339 e. The topological polar surface area (TPSA) is 74.8 Å². The van der Waals surface area contributed by atoms with Crippen molar-refractivity contribution in [2.24, 2.45) is 5.92 Å². The van der Waals surface area contributed by atoms with E-state index in [1.54, 1.807) is 9.80 Å². The molecule has 0 aliphatic carbocycles. The van der Waals surface area contributed by atoms with Crippen molar-refractivity contribution in [1.82, 2.24) is 9.80 Å². The first kappa shape index (κ1) is 17.9. The first-order valence-corrected chi connectivity index (χ1v) is 10.5. The monoisotopic (exact) mass is 364 g/mol. The number of hydrogen-bond donors (Lipinski definition) is 0. The van der Waals surface area contributed by atoms with Gasteiger partial charge in [-0.15, -0.1) is 0 Å². The zero-order valence-corrected chi connectivity index (χ0v) is 15.2. The fraction of sp³-hybridized carbons (Fsp3) is 0.556. The predicted molar refractivity (Wildman–Crippen MR) is 94.4 cm³/mol. The fourth-order valence-corrected chi connectivity index (χ4v) is 5.47. The Morgan fingerprint density at radius 2 is 2.00 bits per heavy atom. The molecule has 0 N–H and O–H groups in total. The van der Waals surface area contributed by atoms with E-state index >= 15 is 0 Å². The summed E-state index contributed by atoms with van der Waals surface area (Å²) in [6.45, 7) is 3.25. The highest BCUT2D eigenvalue weighted by atomic mass is 32.2. The standard InChI is InChI=1S/C18H24N2O4S/c1-2-20(16-8-9-25(23,24)13-16)18(22)15-10-17(21)19(12-15)11-14-6-4-3-5-7-14/h3-7,15-16H,2,8-13H2,1H3. The molecule has 136 valence electrons. The normalized spacial score (nSPS) is 25.3. The van der Waals surface area contributed by atoms with E-state index < -0.39 is 9.84 Å².